The Hall–Kier alpha value is -3.14. The SMILES string of the molecule is CCCOC(=O)OC[C@H](C)OC(=O)[C@@H](N)Cc1ccc(OC(=O)CC)c(OC(=O)CC)c1. The number of nitrogens with two attached hydrogens (primary N) is 1. The van der Waals surface area contributed by atoms with Gasteiger partial charge in [-0.1, -0.05) is 26.8 Å². The molecule has 0 bridgehead atoms. The highest BCUT2D eigenvalue weighted by molar-refractivity contribution is 5.77. The number of ether oxygens (including phenoxy) is 5. The summed E-state index contributed by atoms with van der Waals surface area (Å²) in [6.45, 7) is 6.74. The fourth-order valence-electron chi connectivity index (χ4n) is 2.30. The molecule has 1 aromatic carbocycles. The van der Waals surface area contributed by atoms with Crippen molar-refractivity contribution in [3.63, 3.8) is 0 Å². The zero-order valence-corrected chi connectivity index (χ0v) is 18.9. The molecule has 0 aliphatic rings. The Morgan fingerprint density at radius 3 is 2.16 bits per heavy atom. The Kier molecular flexibility index (Phi) is 11.8. The van der Waals surface area contributed by atoms with Gasteiger partial charge in [-0.15, -0.1) is 0 Å². The molecule has 0 amide bonds. The first kappa shape index (κ1) is 26.9. The van der Waals surface area contributed by atoms with Crippen molar-refractivity contribution in [3.8, 4) is 11.5 Å². The molecule has 1 aromatic rings. The van der Waals surface area contributed by atoms with Crippen molar-refractivity contribution in [1.29, 1.82) is 0 Å². The molecule has 32 heavy (non-hydrogen) atoms. The molecule has 0 aliphatic heterocycles. The van der Waals surface area contributed by atoms with E-state index in [-0.39, 0.29) is 44.0 Å². The summed E-state index contributed by atoms with van der Waals surface area (Å²) in [5.41, 5.74) is 6.50. The van der Waals surface area contributed by atoms with E-state index in [4.69, 9.17) is 29.4 Å². The van der Waals surface area contributed by atoms with Gasteiger partial charge in [0.15, 0.2) is 11.5 Å². The van der Waals surface area contributed by atoms with Gasteiger partial charge in [-0.05, 0) is 37.5 Å². The fraction of sp³-hybridized carbons (Fsp3) is 0.545. The van der Waals surface area contributed by atoms with Crippen LogP contribution in [-0.2, 0) is 35.0 Å². The molecular weight excluding hydrogens is 422 g/mol. The molecule has 0 saturated carbocycles. The number of carbonyl (C=O) groups is 4. The number of rotatable bonds is 12. The second kappa shape index (κ2) is 14.0. The topological polar surface area (TPSA) is 140 Å². The minimum Gasteiger partial charge on any atom is -0.458 e. The van der Waals surface area contributed by atoms with E-state index in [1.54, 1.807) is 26.8 Å². The maximum Gasteiger partial charge on any atom is 0.508 e. The largest absolute Gasteiger partial charge is 0.508 e. The van der Waals surface area contributed by atoms with E-state index >= 15 is 0 Å². The summed E-state index contributed by atoms with van der Waals surface area (Å²) in [4.78, 5) is 46.9. The van der Waals surface area contributed by atoms with Gasteiger partial charge < -0.3 is 29.4 Å². The highest BCUT2D eigenvalue weighted by atomic mass is 16.7. The van der Waals surface area contributed by atoms with E-state index in [0.717, 1.165) is 0 Å². The average Bonchev–Trinajstić information content (AvgIpc) is 2.77. The molecule has 0 spiro atoms. The van der Waals surface area contributed by atoms with Crippen molar-refractivity contribution in [2.45, 2.75) is 65.5 Å². The Bertz CT molecular complexity index is 794. The highest BCUT2D eigenvalue weighted by Gasteiger charge is 2.21. The van der Waals surface area contributed by atoms with Gasteiger partial charge in [-0.2, -0.15) is 0 Å². The lowest BCUT2D eigenvalue weighted by Gasteiger charge is -2.17. The predicted molar refractivity (Wildman–Crippen MR) is 113 cm³/mol. The molecule has 0 radical (unpaired) electrons. The Morgan fingerprint density at radius 2 is 1.56 bits per heavy atom. The van der Waals surface area contributed by atoms with Gasteiger partial charge >= 0.3 is 24.1 Å². The van der Waals surface area contributed by atoms with Crippen LogP contribution in [0.15, 0.2) is 18.2 Å². The highest BCUT2D eigenvalue weighted by Crippen LogP contribution is 2.30. The standard InChI is InChI=1S/C22H31NO9/c1-5-10-28-22(27)29-13-14(4)30-21(26)16(23)11-15-8-9-17(31-19(24)6-2)18(12-15)32-20(25)7-3/h8-9,12,14,16H,5-7,10-11,13,23H2,1-4H3/t14-,16-/m0/s1. The molecule has 0 saturated heterocycles. The molecule has 0 aromatic heterocycles. The fourth-order valence-corrected chi connectivity index (χ4v) is 2.30. The summed E-state index contributed by atoms with van der Waals surface area (Å²) in [5, 5.41) is 0. The van der Waals surface area contributed by atoms with Crippen molar-refractivity contribution < 1.29 is 42.9 Å². The van der Waals surface area contributed by atoms with Crippen LogP contribution in [0.3, 0.4) is 0 Å². The van der Waals surface area contributed by atoms with Crippen LogP contribution in [0.2, 0.25) is 0 Å². The molecule has 0 unspecified atom stereocenters. The lowest BCUT2D eigenvalue weighted by atomic mass is 10.1. The van der Waals surface area contributed by atoms with Gasteiger partial charge in [0.25, 0.3) is 0 Å². The number of benzene rings is 1. The molecule has 10 heteroatoms. The van der Waals surface area contributed by atoms with Crippen molar-refractivity contribution in [2.24, 2.45) is 5.73 Å². The summed E-state index contributed by atoms with van der Waals surface area (Å²) >= 11 is 0. The average molecular weight is 453 g/mol. The van der Waals surface area contributed by atoms with Crippen molar-refractivity contribution in [1.82, 2.24) is 0 Å². The second-order valence-corrected chi connectivity index (χ2v) is 6.90. The first-order valence-corrected chi connectivity index (χ1v) is 10.5. The van der Waals surface area contributed by atoms with Crippen LogP contribution in [0.4, 0.5) is 4.79 Å². The van der Waals surface area contributed by atoms with E-state index in [0.29, 0.717) is 12.0 Å². The molecule has 2 N–H and O–H groups in total. The van der Waals surface area contributed by atoms with E-state index in [1.807, 2.05) is 6.92 Å². The van der Waals surface area contributed by atoms with E-state index in [2.05, 4.69) is 0 Å². The smallest absolute Gasteiger partial charge is 0.458 e. The van der Waals surface area contributed by atoms with Crippen LogP contribution >= 0.6 is 0 Å². The molecule has 178 valence electrons. The molecule has 10 nitrogen and oxygen atoms in total. The van der Waals surface area contributed by atoms with Crippen LogP contribution in [0, 0.1) is 0 Å². The molecule has 1 rings (SSSR count). The van der Waals surface area contributed by atoms with Gasteiger partial charge in [0.1, 0.15) is 18.8 Å². The molecule has 2 atom stereocenters. The van der Waals surface area contributed by atoms with Crippen LogP contribution in [0.1, 0.15) is 52.5 Å². The van der Waals surface area contributed by atoms with Crippen LogP contribution in [0.25, 0.3) is 0 Å². The van der Waals surface area contributed by atoms with Gasteiger partial charge in [0.05, 0.1) is 6.61 Å². The van der Waals surface area contributed by atoms with Gasteiger partial charge in [0, 0.05) is 12.8 Å². The Morgan fingerprint density at radius 1 is 0.938 bits per heavy atom. The minimum atomic E-state index is -1.02. The van der Waals surface area contributed by atoms with Gasteiger partial charge in [0.2, 0.25) is 0 Å². The molecule has 0 heterocycles. The van der Waals surface area contributed by atoms with E-state index in [1.165, 1.54) is 12.1 Å². The van der Waals surface area contributed by atoms with Crippen LogP contribution in [-0.4, -0.2) is 49.4 Å². The summed E-state index contributed by atoms with van der Waals surface area (Å²) in [5.74, 6) is -1.53. The monoisotopic (exact) mass is 453 g/mol. The number of esters is 3. The Labute approximate surface area is 187 Å². The van der Waals surface area contributed by atoms with Crippen LogP contribution < -0.4 is 15.2 Å². The van der Waals surface area contributed by atoms with Gasteiger partial charge in [-0.3, -0.25) is 14.4 Å². The van der Waals surface area contributed by atoms with E-state index < -0.39 is 36.2 Å². The van der Waals surface area contributed by atoms with Crippen molar-refractivity contribution >= 4 is 24.1 Å². The van der Waals surface area contributed by atoms with Crippen LogP contribution in [0.5, 0.6) is 11.5 Å². The number of hydrogen-bond acceptors (Lipinski definition) is 10. The number of hydrogen-bond donors (Lipinski definition) is 1. The van der Waals surface area contributed by atoms with Gasteiger partial charge in [-0.25, -0.2) is 4.79 Å². The first-order valence-electron chi connectivity index (χ1n) is 10.5. The second-order valence-electron chi connectivity index (χ2n) is 6.90. The van der Waals surface area contributed by atoms with Crippen molar-refractivity contribution in [3.05, 3.63) is 23.8 Å². The molecule has 0 fully saturated rings. The zero-order chi connectivity index (χ0) is 24.1. The van der Waals surface area contributed by atoms with Crippen molar-refractivity contribution in [2.75, 3.05) is 13.2 Å². The van der Waals surface area contributed by atoms with E-state index in [9.17, 15) is 19.2 Å². The predicted octanol–water partition coefficient (Wildman–Crippen LogP) is 2.68. The summed E-state index contributed by atoms with van der Waals surface area (Å²) in [7, 11) is 0. The minimum absolute atomic E-state index is 0.0593. The summed E-state index contributed by atoms with van der Waals surface area (Å²) in [6.07, 6.45) is -0.544. The maximum atomic E-state index is 12.3. The third kappa shape index (κ3) is 9.78. The summed E-state index contributed by atoms with van der Waals surface area (Å²) in [6, 6.07) is 3.53. The lowest BCUT2D eigenvalue weighted by molar-refractivity contribution is -0.152. The normalized spacial score (nSPS) is 12.3. The Balaban J connectivity index is 2.73. The first-order chi connectivity index (χ1) is 15.2. The zero-order valence-electron chi connectivity index (χ0n) is 18.9. The molecular formula is C22H31NO9. The third-order valence-electron chi connectivity index (χ3n) is 3.97. The third-order valence-corrected chi connectivity index (χ3v) is 3.97. The molecule has 0 aliphatic carbocycles. The maximum absolute atomic E-state index is 12.3. The lowest BCUT2D eigenvalue weighted by Crippen LogP contribution is -2.37. The summed E-state index contributed by atoms with van der Waals surface area (Å²) < 4.78 is 25.2. The number of carbonyl (C=O) groups excluding carboxylic acids is 4. The quantitative estimate of drug-likeness (QED) is 0.371.